The molecule has 1 unspecified atom stereocenters. The zero-order valence-electron chi connectivity index (χ0n) is 13.2. The first-order valence-electron chi connectivity index (χ1n) is 8.22. The minimum atomic E-state index is -3.43. The molecule has 0 aromatic carbocycles. The van der Waals surface area contributed by atoms with Gasteiger partial charge in [-0.15, -0.1) is 0 Å². The molecule has 1 saturated carbocycles. The van der Waals surface area contributed by atoms with E-state index in [2.05, 4.69) is 9.97 Å². The van der Waals surface area contributed by atoms with Gasteiger partial charge in [0.05, 0.1) is 16.9 Å². The number of hydrogen-bond acceptors (Lipinski definition) is 5. The van der Waals surface area contributed by atoms with Crippen molar-refractivity contribution in [1.29, 1.82) is 0 Å². The third kappa shape index (κ3) is 2.48. The van der Waals surface area contributed by atoms with E-state index in [1.165, 1.54) is 16.7 Å². The molecular weight excluding hydrogens is 338 g/mol. The molecular formula is C15H20F2N4O2S. The minimum Gasteiger partial charge on any atom is -0.354 e. The van der Waals surface area contributed by atoms with Gasteiger partial charge in [-0.05, 0) is 19.3 Å². The minimum absolute atomic E-state index is 0.0846. The van der Waals surface area contributed by atoms with Crippen LogP contribution in [0.15, 0.2) is 18.6 Å². The van der Waals surface area contributed by atoms with Crippen LogP contribution in [0.25, 0.3) is 0 Å². The number of halogens is 2. The first-order valence-corrected chi connectivity index (χ1v) is 9.72. The molecule has 0 amide bonds. The normalized spacial score (nSPS) is 30.8. The summed E-state index contributed by atoms with van der Waals surface area (Å²) >= 11 is 0. The molecule has 4 rings (SSSR count). The van der Waals surface area contributed by atoms with E-state index in [0.29, 0.717) is 25.2 Å². The van der Waals surface area contributed by atoms with Crippen LogP contribution >= 0.6 is 0 Å². The van der Waals surface area contributed by atoms with Crippen molar-refractivity contribution in [3.05, 3.63) is 18.6 Å². The second kappa shape index (κ2) is 5.32. The molecule has 9 heteroatoms. The maximum atomic E-state index is 14.7. The van der Waals surface area contributed by atoms with Crippen LogP contribution in [0.2, 0.25) is 0 Å². The molecule has 0 N–H and O–H groups in total. The van der Waals surface area contributed by atoms with Crippen molar-refractivity contribution >= 4 is 15.8 Å². The number of rotatable bonds is 3. The lowest BCUT2D eigenvalue weighted by Crippen LogP contribution is -2.58. The van der Waals surface area contributed by atoms with Gasteiger partial charge >= 0.3 is 0 Å². The summed E-state index contributed by atoms with van der Waals surface area (Å²) in [5.41, 5.74) is -1.34. The van der Waals surface area contributed by atoms with Crippen LogP contribution in [0.3, 0.4) is 0 Å². The Bertz CT molecular complexity index is 726. The highest BCUT2D eigenvalue weighted by Crippen LogP contribution is 2.51. The Kier molecular flexibility index (Phi) is 3.58. The average molecular weight is 358 g/mol. The Morgan fingerprint density at radius 1 is 1.12 bits per heavy atom. The molecule has 0 radical (unpaired) electrons. The molecule has 3 fully saturated rings. The first-order chi connectivity index (χ1) is 11.3. The van der Waals surface area contributed by atoms with Gasteiger partial charge < -0.3 is 4.90 Å². The summed E-state index contributed by atoms with van der Waals surface area (Å²) in [6.45, 7) is 0.356. The molecule has 2 aliphatic heterocycles. The third-order valence-corrected chi connectivity index (χ3v) is 7.81. The molecule has 2 saturated heterocycles. The molecule has 1 atom stereocenters. The summed E-state index contributed by atoms with van der Waals surface area (Å²) < 4.78 is 55.8. The van der Waals surface area contributed by atoms with Gasteiger partial charge in [0, 0.05) is 45.0 Å². The van der Waals surface area contributed by atoms with Gasteiger partial charge in [-0.25, -0.2) is 26.5 Å². The molecule has 3 aliphatic rings. The van der Waals surface area contributed by atoms with Gasteiger partial charge in [0.15, 0.2) is 0 Å². The van der Waals surface area contributed by atoms with Gasteiger partial charge in [0.25, 0.3) is 5.92 Å². The van der Waals surface area contributed by atoms with E-state index in [-0.39, 0.29) is 31.3 Å². The monoisotopic (exact) mass is 358 g/mol. The number of anilines is 1. The van der Waals surface area contributed by atoms with Gasteiger partial charge in [-0.2, -0.15) is 0 Å². The molecule has 1 aromatic heterocycles. The zero-order chi connectivity index (χ0) is 17.0. The summed E-state index contributed by atoms with van der Waals surface area (Å²) in [6.07, 6.45) is 5.76. The van der Waals surface area contributed by atoms with E-state index in [9.17, 15) is 17.2 Å². The number of aromatic nitrogens is 2. The predicted octanol–water partition coefficient (Wildman–Crippen LogP) is 1.51. The lowest BCUT2D eigenvalue weighted by atomic mass is 9.76. The van der Waals surface area contributed by atoms with Crippen LogP contribution in [0.1, 0.15) is 25.7 Å². The number of piperidine rings is 1. The molecule has 1 spiro atoms. The molecule has 1 aromatic rings. The quantitative estimate of drug-likeness (QED) is 0.819. The van der Waals surface area contributed by atoms with Crippen molar-refractivity contribution < 1.29 is 17.2 Å². The Balaban J connectivity index is 1.60. The van der Waals surface area contributed by atoms with Gasteiger partial charge in [-0.1, -0.05) is 0 Å². The second-order valence-corrected chi connectivity index (χ2v) is 9.26. The van der Waals surface area contributed by atoms with Gasteiger partial charge in [0.2, 0.25) is 10.0 Å². The van der Waals surface area contributed by atoms with Crippen LogP contribution in [-0.4, -0.2) is 60.0 Å². The van der Waals surface area contributed by atoms with E-state index in [1.54, 1.807) is 11.1 Å². The topological polar surface area (TPSA) is 66.4 Å². The summed E-state index contributed by atoms with van der Waals surface area (Å²) in [6, 6.07) is 0. The Morgan fingerprint density at radius 3 is 2.58 bits per heavy atom. The summed E-state index contributed by atoms with van der Waals surface area (Å²) in [7, 11) is -3.43. The average Bonchev–Trinajstić information content (AvgIpc) is 3.33. The first kappa shape index (κ1) is 16.1. The molecule has 0 bridgehead atoms. The smallest absolute Gasteiger partial charge is 0.257 e. The van der Waals surface area contributed by atoms with E-state index in [1.807, 2.05) is 0 Å². The van der Waals surface area contributed by atoms with E-state index >= 15 is 0 Å². The van der Waals surface area contributed by atoms with Crippen LogP contribution < -0.4 is 4.90 Å². The lowest BCUT2D eigenvalue weighted by molar-refractivity contribution is -0.145. The van der Waals surface area contributed by atoms with Crippen molar-refractivity contribution in [1.82, 2.24) is 14.3 Å². The summed E-state index contributed by atoms with van der Waals surface area (Å²) in [4.78, 5) is 9.95. The SMILES string of the molecule is O=S(=O)(C1CC1)N1CCC(F)(F)C2(CCN(c3cnccn3)C2)C1. The summed E-state index contributed by atoms with van der Waals surface area (Å²) in [5, 5.41) is -0.362. The summed E-state index contributed by atoms with van der Waals surface area (Å²) in [5.74, 6) is -2.31. The van der Waals surface area contributed by atoms with Crippen LogP contribution in [0.5, 0.6) is 0 Å². The maximum Gasteiger partial charge on any atom is 0.257 e. The molecule has 6 nitrogen and oxygen atoms in total. The highest BCUT2D eigenvalue weighted by molar-refractivity contribution is 7.90. The maximum absolute atomic E-state index is 14.7. The fourth-order valence-electron chi connectivity index (χ4n) is 3.81. The van der Waals surface area contributed by atoms with Crippen molar-refractivity contribution in [3.8, 4) is 0 Å². The molecule has 132 valence electrons. The van der Waals surface area contributed by atoms with Crippen molar-refractivity contribution in [3.63, 3.8) is 0 Å². The molecule has 3 heterocycles. The zero-order valence-corrected chi connectivity index (χ0v) is 14.1. The van der Waals surface area contributed by atoms with E-state index < -0.39 is 27.8 Å². The predicted molar refractivity (Wildman–Crippen MR) is 84.4 cm³/mol. The Labute approximate surface area is 139 Å². The van der Waals surface area contributed by atoms with Crippen molar-refractivity contribution in [2.24, 2.45) is 5.41 Å². The van der Waals surface area contributed by atoms with Crippen LogP contribution in [-0.2, 0) is 10.0 Å². The molecule has 1 aliphatic carbocycles. The second-order valence-electron chi connectivity index (χ2n) is 7.05. The highest BCUT2D eigenvalue weighted by Gasteiger charge is 2.61. The van der Waals surface area contributed by atoms with Crippen LogP contribution in [0, 0.1) is 5.41 Å². The largest absolute Gasteiger partial charge is 0.354 e. The van der Waals surface area contributed by atoms with E-state index in [4.69, 9.17) is 0 Å². The Morgan fingerprint density at radius 2 is 1.92 bits per heavy atom. The van der Waals surface area contributed by atoms with E-state index in [0.717, 1.165) is 0 Å². The van der Waals surface area contributed by atoms with Crippen molar-refractivity contribution in [2.45, 2.75) is 36.9 Å². The van der Waals surface area contributed by atoms with Crippen LogP contribution in [0.4, 0.5) is 14.6 Å². The number of alkyl halides is 2. The van der Waals surface area contributed by atoms with Gasteiger partial charge in [0.1, 0.15) is 5.82 Å². The van der Waals surface area contributed by atoms with Crippen molar-refractivity contribution in [2.75, 3.05) is 31.1 Å². The number of nitrogens with zero attached hydrogens (tertiary/aromatic N) is 4. The standard InChI is InChI=1S/C15H20F2N4O2S/c16-15(17)4-8-21(24(22,23)12-1-2-12)11-14(15)3-7-20(10-14)13-9-18-5-6-19-13/h5-6,9,12H,1-4,7-8,10-11H2. The lowest BCUT2D eigenvalue weighted by Gasteiger charge is -2.45. The fraction of sp³-hybridized carbons (Fsp3) is 0.733. The molecule has 24 heavy (non-hydrogen) atoms. The van der Waals surface area contributed by atoms with Gasteiger partial charge in [-0.3, -0.25) is 4.98 Å². The third-order valence-electron chi connectivity index (χ3n) is 5.46. The Hall–Kier alpha value is -1.35. The highest BCUT2D eigenvalue weighted by atomic mass is 32.2. The fourth-order valence-corrected chi connectivity index (χ4v) is 5.73. The number of sulfonamides is 1. The number of hydrogen-bond donors (Lipinski definition) is 0.